The molecule has 0 radical (unpaired) electrons. The number of carbonyl (C=O) groups is 2. The largest absolute Gasteiger partial charge is 0.497 e. The fourth-order valence-corrected chi connectivity index (χ4v) is 5.82. The number of ketones is 2. The molecule has 230 valence electrons. The van der Waals surface area contributed by atoms with E-state index in [9.17, 15) is 9.59 Å². The van der Waals surface area contributed by atoms with Crippen LogP contribution < -0.4 is 18.9 Å². The SMILES string of the molecule is COc1ccc(C(=O)/C=C/c2ccc3c4c(ccc3c2)OCOc2ccc3cc(/C=C/C(=O)c5ccc(OC)cc5)ccc3c2-4)cc1. The van der Waals surface area contributed by atoms with E-state index >= 15 is 0 Å². The van der Waals surface area contributed by atoms with E-state index in [1.54, 1.807) is 74.9 Å². The highest BCUT2D eigenvalue weighted by molar-refractivity contribution is 6.11. The summed E-state index contributed by atoms with van der Waals surface area (Å²) >= 11 is 0. The molecule has 0 amide bonds. The minimum atomic E-state index is -0.0834. The van der Waals surface area contributed by atoms with Crippen LogP contribution in [0, 0.1) is 0 Å². The molecule has 0 N–H and O–H groups in total. The Morgan fingerprint density at radius 2 is 0.979 bits per heavy atom. The molecule has 6 heteroatoms. The molecule has 0 spiro atoms. The van der Waals surface area contributed by atoms with E-state index in [2.05, 4.69) is 24.3 Å². The molecule has 1 aliphatic heterocycles. The third kappa shape index (κ3) is 5.97. The van der Waals surface area contributed by atoms with Crippen molar-refractivity contribution in [3.8, 4) is 34.1 Å². The lowest BCUT2D eigenvalue weighted by Gasteiger charge is -2.14. The molecule has 6 aromatic carbocycles. The second-order valence-corrected chi connectivity index (χ2v) is 11.1. The van der Waals surface area contributed by atoms with Gasteiger partial charge in [0.1, 0.15) is 23.0 Å². The molecular formula is C41H30O6. The van der Waals surface area contributed by atoms with Crippen LogP contribution >= 0.6 is 0 Å². The zero-order chi connectivity index (χ0) is 32.3. The fraction of sp³-hybridized carbons (Fsp3) is 0.0732. The normalized spacial score (nSPS) is 12.3. The molecule has 47 heavy (non-hydrogen) atoms. The van der Waals surface area contributed by atoms with E-state index in [1.165, 1.54) is 0 Å². The second-order valence-electron chi connectivity index (χ2n) is 11.1. The number of methoxy groups -OCH3 is 2. The molecule has 0 bridgehead atoms. The maximum atomic E-state index is 12.8. The molecule has 0 aromatic heterocycles. The number of carbonyl (C=O) groups excluding carboxylic acids is 2. The summed E-state index contributed by atoms with van der Waals surface area (Å²) < 4.78 is 22.5. The molecule has 6 nitrogen and oxygen atoms in total. The van der Waals surface area contributed by atoms with Crippen molar-refractivity contribution < 1.29 is 28.5 Å². The maximum absolute atomic E-state index is 12.8. The van der Waals surface area contributed by atoms with Gasteiger partial charge in [0, 0.05) is 22.3 Å². The van der Waals surface area contributed by atoms with Crippen LogP contribution in [0.25, 0.3) is 44.8 Å². The molecule has 1 heterocycles. The van der Waals surface area contributed by atoms with Gasteiger partial charge in [-0.3, -0.25) is 9.59 Å². The van der Waals surface area contributed by atoms with Crippen molar-refractivity contribution in [1.29, 1.82) is 0 Å². The zero-order valence-corrected chi connectivity index (χ0v) is 25.9. The predicted molar refractivity (Wildman–Crippen MR) is 186 cm³/mol. The van der Waals surface area contributed by atoms with Crippen LogP contribution in [-0.2, 0) is 0 Å². The maximum Gasteiger partial charge on any atom is 0.230 e. The summed E-state index contributed by atoms with van der Waals surface area (Å²) in [7, 11) is 3.20. The van der Waals surface area contributed by atoms with Crippen molar-refractivity contribution in [2.75, 3.05) is 21.0 Å². The summed E-state index contributed by atoms with van der Waals surface area (Å²) in [5, 5.41) is 4.03. The summed E-state index contributed by atoms with van der Waals surface area (Å²) in [5.41, 5.74) is 4.90. The monoisotopic (exact) mass is 618 g/mol. The lowest BCUT2D eigenvalue weighted by atomic mass is 9.91. The van der Waals surface area contributed by atoms with Gasteiger partial charge in [-0.2, -0.15) is 0 Å². The Labute approximate surface area is 272 Å². The van der Waals surface area contributed by atoms with Gasteiger partial charge in [-0.15, -0.1) is 0 Å². The van der Waals surface area contributed by atoms with Gasteiger partial charge in [0.2, 0.25) is 6.79 Å². The summed E-state index contributed by atoms with van der Waals surface area (Å²) in [5.74, 6) is 2.71. The molecule has 0 fully saturated rings. The van der Waals surface area contributed by atoms with Crippen LogP contribution in [0.15, 0.2) is 121 Å². The van der Waals surface area contributed by atoms with Crippen LogP contribution in [0.3, 0.4) is 0 Å². The number of fused-ring (bicyclic) bond motifs is 7. The van der Waals surface area contributed by atoms with Gasteiger partial charge >= 0.3 is 0 Å². The van der Waals surface area contributed by atoms with E-state index in [1.807, 2.05) is 48.6 Å². The molecule has 0 saturated heterocycles. The van der Waals surface area contributed by atoms with Crippen LogP contribution in [0.1, 0.15) is 31.8 Å². The van der Waals surface area contributed by atoms with E-state index in [-0.39, 0.29) is 18.4 Å². The predicted octanol–water partition coefficient (Wildman–Crippen LogP) is 9.20. The summed E-state index contributed by atoms with van der Waals surface area (Å²) in [6, 6.07) is 34.4. The first-order valence-corrected chi connectivity index (χ1v) is 15.1. The average molecular weight is 619 g/mol. The summed E-state index contributed by atoms with van der Waals surface area (Å²) in [6.07, 6.45) is 6.83. The topological polar surface area (TPSA) is 71.1 Å². The highest BCUT2D eigenvalue weighted by Gasteiger charge is 2.22. The van der Waals surface area contributed by atoms with E-state index in [4.69, 9.17) is 18.9 Å². The standard InChI is InChI=1S/C41H30O6/c1-44-32-13-7-28(8-14-32)36(42)19-5-26-3-17-34-30(23-26)11-21-38-40(34)41-35-18-4-27(24-31(35)12-22-39(41)47-25-46-38)6-20-37(43)29-9-15-33(45-2)16-10-29/h3-24H,25H2,1-2H3/b19-5+,20-6+. The molecule has 0 atom stereocenters. The van der Waals surface area contributed by atoms with Gasteiger partial charge in [-0.05, 0) is 118 Å². The smallest absolute Gasteiger partial charge is 0.230 e. The number of benzene rings is 6. The number of ether oxygens (including phenoxy) is 4. The average Bonchev–Trinajstić information content (AvgIpc) is 3.32. The van der Waals surface area contributed by atoms with Crippen molar-refractivity contribution in [2.45, 2.75) is 0 Å². The molecule has 0 unspecified atom stereocenters. The van der Waals surface area contributed by atoms with Crippen LogP contribution in [-0.4, -0.2) is 32.6 Å². The summed E-state index contributed by atoms with van der Waals surface area (Å²) in [4.78, 5) is 25.5. The number of hydrogen-bond acceptors (Lipinski definition) is 6. The van der Waals surface area contributed by atoms with Crippen LogP contribution in [0.2, 0.25) is 0 Å². The van der Waals surface area contributed by atoms with Gasteiger partial charge in [0.25, 0.3) is 0 Å². The second kappa shape index (κ2) is 12.7. The van der Waals surface area contributed by atoms with E-state index < -0.39 is 0 Å². The first kappa shape index (κ1) is 29.6. The zero-order valence-electron chi connectivity index (χ0n) is 25.9. The third-order valence-corrected chi connectivity index (χ3v) is 8.29. The van der Waals surface area contributed by atoms with Crippen molar-refractivity contribution in [3.63, 3.8) is 0 Å². The lowest BCUT2D eigenvalue weighted by Crippen LogP contribution is -2.03. The van der Waals surface area contributed by atoms with Crippen molar-refractivity contribution in [1.82, 2.24) is 0 Å². The molecule has 1 aliphatic rings. The Bertz CT molecular complexity index is 2050. The van der Waals surface area contributed by atoms with Crippen molar-refractivity contribution in [3.05, 3.63) is 144 Å². The lowest BCUT2D eigenvalue weighted by molar-refractivity contribution is 0.103. The van der Waals surface area contributed by atoms with Gasteiger partial charge < -0.3 is 18.9 Å². The van der Waals surface area contributed by atoms with E-state index in [0.29, 0.717) is 22.6 Å². The van der Waals surface area contributed by atoms with Gasteiger partial charge in [-0.25, -0.2) is 0 Å². The first-order chi connectivity index (χ1) is 23.0. The Morgan fingerprint density at radius 3 is 1.38 bits per heavy atom. The summed E-state index contributed by atoms with van der Waals surface area (Å²) in [6.45, 7) is 0.0968. The van der Waals surface area contributed by atoms with Crippen LogP contribution in [0.4, 0.5) is 0 Å². The highest BCUT2D eigenvalue weighted by Crippen LogP contribution is 2.47. The number of rotatable bonds is 8. The minimum Gasteiger partial charge on any atom is -0.497 e. The number of allylic oxidation sites excluding steroid dienone is 2. The fourth-order valence-electron chi connectivity index (χ4n) is 5.82. The molecule has 7 rings (SSSR count). The minimum absolute atomic E-state index is 0.0834. The Morgan fingerprint density at radius 1 is 0.553 bits per heavy atom. The number of hydrogen-bond donors (Lipinski definition) is 0. The van der Waals surface area contributed by atoms with Crippen molar-refractivity contribution >= 4 is 45.3 Å². The Kier molecular flexibility index (Phi) is 7.99. The quantitative estimate of drug-likeness (QED) is 0.125. The molecule has 6 aromatic rings. The molecule has 0 aliphatic carbocycles. The van der Waals surface area contributed by atoms with Crippen molar-refractivity contribution in [2.24, 2.45) is 0 Å². The van der Waals surface area contributed by atoms with Gasteiger partial charge in [0.15, 0.2) is 11.6 Å². The highest BCUT2D eigenvalue weighted by atomic mass is 16.7. The van der Waals surface area contributed by atoms with Crippen LogP contribution in [0.5, 0.6) is 23.0 Å². The molecular weight excluding hydrogens is 588 g/mol. The van der Waals surface area contributed by atoms with Gasteiger partial charge in [-0.1, -0.05) is 48.6 Å². The van der Waals surface area contributed by atoms with Gasteiger partial charge in [0.05, 0.1) is 14.2 Å². The first-order valence-electron chi connectivity index (χ1n) is 15.1. The van der Waals surface area contributed by atoms with E-state index in [0.717, 1.165) is 55.3 Å². The Hall–Kier alpha value is -6.14. The Balaban J connectivity index is 1.22. The molecule has 0 saturated carbocycles. The third-order valence-electron chi connectivity index (χ3n) is 8.29.